The first-order valence-corrected chi connectivity index (χ1v) is 4.29. The third kappa shape index (κ3) is 1.27. The highest BCUT2D eigenvalue weighted by atomic mass is 16.5. The Hall–Kier alpha value is -1.49. The maximum absolute atomic E-state index is 5.46. The molecule has 2 rings (SSSR count). The van der Waals surface area contributed by atoms with Crippen LogP contribution in [-0.2, 0) is 5.41 Å². The van der Waals surface area contributed by atoms with Crippen molar-refractivity contribution in [1.82, 2.24) is 4.98 Å². The molecular formula is C11H11NO. The van der Waals surface area contributed by atoms with Gasteiger partial charge >= 0.3 is 0 Å². The molecule has 0 unspecified atom stereocenters. The van der Waals surface area contributed by atoms with Gasteiger partial charge in [0.2, 0.25) is 0 Å². The average molecular weight is 173 g/mol. The minimum Gasteiger partial charge on any atom is -0.497 e. The van der Waals surface area contributed by atoms with Crippen molar-refractivity contribution < 1.29 is 4.74 Å². The second-order valence-electron chi connectivity index (χ2n) is 3.31. The van der Waals surface area contributed by atoms with Crippen molar-refractivity contribution in [2.75, 3.05) is 7.11 Å². The van der Waals surface area contributed by atoms with Gasteiger partial charge in [0.25, 0.3) is 0 Å². The zero-order valence-electron chi connectivity index (χ0n) is 7.58. The molecule has 0 aliphatic heterocycles. The molecule has 1 aromatic rings. The lowest BCUT2D eigenvalue weighted by Gasteiger charge is -2.07. The van der Waals surface area contributed by atoms with Crippen LogP contribution in [-0.4, -0.2) is 12.1 Å². The Morgan fingerprint density at radius 3 is 2.92 bits per heavy atom. The summed E-state index contributed by atoms with van der Waals surface area (Å²) in [6.45, 7) is 0. The molecule has 1 aliphatic carbocycles. The van der Waals surface area contributed by atoms with E-state index in [0.29, 0.717) is 0 Å². The van der Waals surface area contributed by atoms with Crippen molar-refractivity contribution >= 4 is 0 Å². The van der Waals surface area contributed by atoms with E-state index in [9.17, 15) is 0 Å². The molecule has 1 heterocycles. The maximum Gasteiger partial charge on any atom is 0.122 e. The lowest BCUT2D eigenvalue weighted by molar-refractivity contribution is 0.413. The molecule has 2 heteroatoms. The number of methoxy groups -OCH3 is 1. The summed E-state index contributed by atoms with van der Waals surface area (Å²) in [5, 5.41) is 0. The van der Waals surface area contributed by atoms with Crippen molar-refractivity contribution in [2.24, 2.45) is 0 Å². The summed E-state index contributed by atoms with van der Waals surface area (Å²) in [4.78, 5) is 4.27. The van der Waals surface area contributed by atoms with Crippen molar-refractivity contribution in [1.29, 1.82) is 0 Å². The molecule has 66 valence electrons. The average Bonchev–Trinajstić information content (AvgIpc) is 2.99. The summed E-state index contributed by atoms with van der Waals surface area (Å²) >= 11 is 0. The van der Waals surface area contributed by atoms with Gasteiger partial charge in [0.05, 0.1) is 18.2 Å². The quantitative estimate of drug-likeness (QED) is 0.636. The predicted molar refractivity (Wildman–Crippen MR) is 50.5 cm³/mol. The number of aromatic nitrogens is 1. The van der Waals surface area contributed by atoms with Crippen LogP contribution >= 0.6 is 0 Å². The molecular weight excluding hydrogens is 162 g/mol. The van der Waals surface area contributed by atoms with Crippen LogP contribution in [0.3, 0.4) is 0 Å². The minimum atomic E-state index is -0.0888. The van der Waals surface area contributed by atoms with Gasteiger partial charge in [-0.1, -0.05) is 5.92 Å². The van der Waals surface area contributed by atoms with Crippen LogP contribution in [0.4, 0.5) is 0 Å². The third-order valence-electron chi connectivity index (χ3n) is 2.48. The van der Waals surface area contributed by atoms with Gasteiger partial charge in [0.15, 0.2) is 0 Å². The number of pyridine rings is 1. The van der Waals surface area contributed by atoms with Gasteiger partial charge < -0.3 is 4.74 Å². The summed E-state index contributed by atoms with van der Waals surface area (Å²) in [5.41, 5.74) is 0.878. The normalized spacial score (nSPS) is 17.5. The number of terminal acetylenes is 1. The molecule has 0 N–H and O–H groups in total. The van der Waals surface area contributed by atoms with Crippen LogP contribution < -0.4 is 4.74 Å². The fourth-order valence-electron chi connectivity index (χ4n) is 1.40. The number of ether oxygens (including phenoxy) is 1. The van der Waals surface area contributed by atoms with E-state index in [2.05, 4.69) is 10.9 Å². The summed E-state index contributed by atoms with van der Waals surface area (Å²) < 4.78 is 5.11. The number of hydrogen-bond acceptors (Lipinski definition) is 2. The molecule has 0 atom stereocenters. The number of nitrogens with zero attached hydrogens (tertiary/aromatic N) is 1. The first-order valence-electron chi connectivity index (χ1n) is 4.29. The van der Waals surface area contributed by atoms with E-state index in [1.165, 1.54) is 0 Å². The van der Waals surface area contributed by atoms with Gasteiger partial charge in [-0.3, -0.25) is 4.98 Å². The van der Waals surface area contributed by atoms with Crippen LogP contribution in [0.15, 0.2) is 18.3 Å². The smallest absolute Gasteiger partial charge is 0.122 e. The molecule has 0 bridgehead atoms. The summed E-state index contributed by atoms with van der Waals surface area (Å²) in [6.07, 6.45) is 9.29. The van der Waals surface area contributed by atoms with Crippen LogP contribution in [0.5, 0.6) is 5.75 Å². The standard InChI is InChI=1S/C11H11NO/c1-3-11(5-6-11)10-8-9(13-2)4-7-12-10/h1,4,7-8H,5-6H2,2H3. The Kier molecular flexibility index (Phi) is 1.73. The van der Waals surface area contributed by atoms with Gasteiger partial charge in [0, 0.05) is 12.3 Å². The minimum absolute atomic E-state index is 0.0888. The number of hydrogen-bond donors (Lipinski definition) is 0. The Labute approximate surface area is 77.9 Å². The van der Waals surface area contributed by atoms with E-state index >= 15 is 0 Å². The van der Waals surface area contributed by atoms with E-state index in [0.717, 1.165) is 24.3 Å². The predicted octanol–water partition coefficient (Wildman–Crippen LogP) is 1.75. The molecule has 13 heavy (non-hydrogen) atoms. The van der Waals surface area contributed by atoms with Gasteiger partial charge in [0.1, 0.15) is 5.75 Å². The van der Waals surface area contributed by atoms with Gasteiger partial charge in [-0.05, 0) is 18.9 Å². The van der Waals surface area contributed by atoms with Crippen LogP contribution in [0, 0.1) is 12.3 Å². The maximum atomic E-state index is 5.46. The molecule has 1 fully saturated rings. The van der Waals surface area contributed by atoms with Crippen LogP contribution in [0.25, 0.3) is 0 Å². The fraction of sp³-hybridized carbons (Fsp3) is 0.364. The summed E-state index contributed by atoms with van der Waals surface area (Å²) in [6, 6.07) is 3.75. The van der Waals surface area contributed by atoms with E-state index in [4.69, 9.17) is 11.2 Å². The fourth-order valence-corrected chi connectivity index (χ4v) is 1.40. The van der Waals surface area contributed by atoms with Gasteiger partial charge in [-0.15, -0.1) is 6.42 Å². The van der Waals surface area contributed by atoms with E-state index in [-0.39, 0.29) is 5.41 Å². The molecule has 1 saturated carbocycles. The molecule has 1 aromatic heterocycles. The van der Waals surface area contributed by atoms with Gasteiger partial charge in [-0.25, -0.2) is 0 Å². The Balaban J connectivity index is 2.37. The monoisotopic (exact) mass is 173 g/mol. The summed E-state index contributed by atoms with van der Waals surface area (Å²) in [7, 11) is 1.65. The van der Waals surface area contributed by atoms with E-state index < -0.39 is 0 Å². The SMILES string of the molecule is C#CC1(c2cc(OC)ccn2)CC1. The first-order chi connectivity index (χ1) is 6.30. The second kappa shape index (κ2) is 2.77. The zero-order chi connectivity index (χ0) is 9.31. The lowest BCUT2D eigenvalue weighted by atomic mass is 10.0. The molecule has 0 spiro atoms. The second-order valence-corrected chi connectivity index (χ2v) is 3.31. The van der Waals surface area contributed by atoms with Crippen LogP contribution in [0.2, 0.25) is 0 Å². The summed E-state index contributed by atoms with van der Waals surface area (Å²) in [5.74, 6) is 3.63. The van der Waals surface area contributed by atoms with Crippen LogP contribution in [0.1, 0.15) is 18.5 Å². The van der Waals surface area contributed by atoms with Gasteiger partial charge in [-0.2, -0.15) is 0 Å². The Morgan fingerprint density at radius 1 is 1.62 bits per heavy atom. The third-order valence-corrected chi connectivity index (χ3v) is 2.48. The molecule has 1 aliphatic rings. The van der Waals surface area contributed by atoms with Crippen molar-refractivity contribution in [3.8, 4) is 18.1 Å². The topological polar surface area (TPSA) is 22.1 Å². The van der Waals surface area contributed by atoms with Crippen molar-refractivity contribution in [3.63, 3.8) is 0 Å². The number of rotatable bonds is 2. The highest BCUT2D eigenvalue weighted by molar-refractivity contribution is 5.39. The molecule has 2 nitrogen and oxygen atoms in total. The Bertz CT molecular complexity index is 361. The molecule has 0 aromatic carbocycles. The first kappa shape index (κ1) is 8.12. The highest BCUT2D eigenvalue weighted by Crippen LogP contribution is 2.47. The zero-order valence-corrected chi connectivity index (χ0v) is 7.58. The molecule has 0 radical (unpaired) electrons. The largest absolute Gasteiger partial charge is 0.497 e. The van der Waals surface area contributed by atoms with Crippen molar-refractivity contribution in [3.05, 3.63) is 24.0 Å². The van der Waals surface area contributed by atoms with E-state index in [1.807, 2.05) is 12.1 Å². The molecule has 0 saturated heterocycles. The van der Waals surface area contributed by atoms with Crippen molar-refractivity contribution in [2.45, 2.75) is 18.3 Å². The lowest BCUT2D eigenvalue weighted by Crippen LogP contribution is -2.05. The van der Waals surface area contributed by atoms with E-state index in [1.54, 1.807) is 13.3 Å². The highest BCUT2D eigenvalue weighted by Gasteiger charge is 2.44. The Morgan fingerprint density at radius 2 is 2.38 bits per heavy atom. The molecule has 0 amide bonds.